The zero-order valence-corrected chi connectivity index (χ0v) is 13.1. The van der Waals surface area contributed by atoms with E-state index in [0.29, 0.717) is 22.8 Å². The molecule has 0 amide bonds. The van der Waals surface area contributed by atoms with Crippen molar-refractivity contribution in [1.82, 2.24) is 19.7 Å². The van der Waals surface area contributed by atoms with Gasteiger partial charge in [0.25, 0.3) is 10.0 Å². The lowest BCUT2D eigenvalue weighted by molar-refractivity contribution is 0.289. The van der Waals surface area contributed by atoms with E-state index in [0.717, 1.165) is 12.8 Å². The van der Waals surface area contributed by atoms with Gasteiger partial charge < -0.3 is 0 Å². The maximum Gasteiger partial charge on any atom is 0.265 e. The Balaban J connectivity index is 1.67. The lowest BCUT2D eigenvalue weighted by Crippen LogP contribution is -2.17. The molecule has 118 valence electrons. The predicted octanol–water partition coefficient (Wildman–Crippen LogP) is 2.35. The van der Waals surface area contributed by atoms with Crippen LogP contribution in [0.25, 0.3) is 11.0 Å². The van der Waals surface area contributed by atoms with Crippen LogP contribution in [0, 0.1) is 0 Å². The van der Waals surface area contributed by atoms with Crippen LogP contribution in [-0.2, 0) is 10.0 Å². The second-order valence-electron chi connectivity index (χ2n) is 5.58. The first kappa shape index (κ1) is 14.1. The molecule has 3 heterocycles. The minimum absolute atomic E-state index is 0.158. The number of hydrogen-bond acceptors (Lipinski definition) is 5. The molecular weight excluding hydrogens is 314 g/mol. The number of anilines is 1. The Morgan fingerprint density at radius 1 is 1.17 bits per heavy atom. The largest absolute Gasteiger partial charge is 0.277 e. The summed E-state index contributed by atoms with van der Waals surface area (Å²) in [5.74, 6) is 0. The second-order valence-corrected chi connectivity index (χ2v) is 7.26. The summed E-state index contributed by atoms with van der Waals surface area (Å²) >= 11 is 0. The molecule has 0 bridgehead atoms. The summed E-state index contributed by atoms with van der Waals surface area (Å²) in [4.78, 5) is 8.54. The summed E-state index contributed by atoms with van der Waals surface area (Å²) in [6, 6.07) is 5.47. The molecule has 1 saturated carbocycles. The normalized spacial score (nSPS) is 15.5. The summed E-state index contributed by atoms with van der Waals surface area (Å²) in [7, 11) is -3.70. The second kappa shape index (κ2) is 5.31. The zero-order chi connectivity index (χ0) is 15.9. The minimum atomic E-state index is -3.70. The molecule has 1 N–H and O–H groups in total. The molecular formula is C15H15N5O2S. The van der Waals surface area contributed by atoms with Crippen LogP contribution in [-0.4, -0.2) is 28.2 Å². The third kappa shape index (κ3) is 2.55. The van der Waals surface area contributed by atoms with Crippen molar-refractivity contribution in [3.63, 3.8) is 0 Å². The molecule has 0 spiro atoms. The molecule has 7 nitrogen and oxygen atoms in total. The Morgan fingerprint density at radius 2 is 2.04 bits per heavy atom. The van der Waals surface area contributed by atoms with Gasteiger partial charge in [-0.15, -0.1) is 0 Å². The van der Waals surface area contributed by atoms with Crippen molar-refractivity contribution < 1.29 is 8.42 Å². The van der Waals surface area contributed by atoms with Crippen molar-refractivity contribution in [2.75, 3.05) is 4.72 Å². The number of nitrogens with zero attached hydrogens (tertiary/aromatic N) is 4. The van der Waals surface area contributed by atoms with Crippen LogP contribution in [0.5, 0.6) is 0 Å². The summed E-state index contributed by atoms with van der Waals surface area (Å²) in [5.41, 5.74) is 1.56. The van der Waals surface area contributed by atoms with Crippen molar-refractivity contribution in [2.24, 2.45) is 0 Å². The van der Waals surface area contributed by atoms with E-state index in [4.69, 9.17) is 0 Å². The van der Waals surface area contributed by atoms with Gasteiger partial charge in [0.05, 0.1) is 23.4 Å². The highest BCUT2D eigenvalue weighted by Gasteiger charge is 2.23. The quantitative estimate of drug-likeness (QED) is 0.793. The van der Waals surface area contributed by atoms with Gasteiger partial charge in [0.1, 0.15) is 10.4 Å². The maximum atomic E-state index is 12.6. The van der Waals surface area contributed by atoms with Gasteiger partial charge in [-0.05, 0) is 37.5 Å². The van der Waals surface area contributed by atoms with E-state index in [9.17, 15) is 8.42 Å². The Kier molecular flexibility index (Phi) is 3.26. The van der Waals surface area contributed by atoms with Gasteiger partial charge in [0.15, 0.2) is 0 Å². The number of fused-ring (bicyclic) bond motifs is 1. The highest BCUT2D eigenvalue weighted by atomic mass is 32.2. The Hall–Kier alpha value is -2.48. The van der Waals surface area contributed by atoms with Gasteiger partial charge in [-0.3, -0.25) is 19.4 Å². The van der Waals surface area contributed by atoms with Crippen LogP contribution >= 0.6 is 0 Å². The van der Waals surface area contributed by atoms with Gasteiger partial charge in [-0.25, -0.2) is 8.42 Å². The van der Waals surface area contributed by atoms with Gasteiger partial charge in [-0.2, -0.15) is 5.10 Å². The van der Waals surface area contributed by atoms with Gasteiger partial charge in [-0.1, -0.05) is 0 Å². The van der Waals surface area contributed by atoms with Crippen LogP contribution < -0.4 is 4.72 Å². The summed E-state index contributed by atoms with van der Waals surface area (Å²) in [6.07, 6.45) is 9.40. The van der Waals surface area contributed by atoms with Gasteiger partial charge in [0, 0.05) is 18.6 Å². The van der Waals surface area contributed by atoms with Crippen molar-refractivity contribution in [2.45, 2.75) is 30.2 Å². The minimum Gasteiger partial charge on any atom is -0.277 e. The fourth-order valence-corrected chi connectivity index (χ4v) is 3.58. The van der Waals surface area contributed by atoms with E-state index in [1.165, 1.54) is 12.6 Å². The molecule has 8 heteroatoms. The summed E-state index contributed by atoms with van der Waals surface area (Å²) in [6.45, 7) is 0. The lowest BCUT2D eigenvalue weighted by atomic mass is 9.93. The van der Waals surface area contributed by atoms with E-state index >= 15 is 0 Å². The number of hydrogen-bond donors (Lipinski definition) is 1. The van der Waals surface area contributed by atoms with E-state index in [-0.39, 0.29) is 4.90 Å². The third-order valence-corrected chi connectivity index (χ3v) is 5.40. The van der Waals surface area contributed by atoms with Crippen LogP contribution in [0.1, 0.15) is 25.3 Å². The predicted molar refractivity (Wildman–Crippen MR) is 85.5 cm³/mol. The first-order chi connectivity index (χ1) is 11.1. The number of aromatic nitrogens is 4. The summed E-state index contributed by atoms with van der Waals surface area (Å²) in [5, 5.41) is 4.18. The van der Waals surface area contributed by atoms with Crippen LogP contribution in [0.2, 0.25) is 0 Å². The Morgan fingerprint density at radius 3 is 2.83 bits per heavy atom. The molecule has 0 atom stereocenters. The number of pyridine rings is 2. The fraction of sp³-hybridized carbons (Fsp3) is 0.267. The van der Waals surface area contributed by atoms with Crippen molar-refractivity contribution in [1.29, 1.82) is 0 Å². The first-order valence-corrected chi connectivity index (χ1v) is 8.88. The molecule has 3 aromatic rings. The van der Waals surface area contributed by atoms with E-state index in [1.807, 2.05) is 0 Å². The highest BCUT2D eigenvalue weighted by Crippen LogP contribution is 2.31. The van der Waals surface area contributed by atoms with E-state index < -0.39 is 10.0 Å². The van der Waals surface area contributed by atoms with Crippen molar-refractivity contribution in [3.05, 3.63) is 43.0 Å². The lowest BCUT2D eigenvalue weighted by Gasteiger charge is -2.25. The third-order valence-electron chi connectivity index (χ3n) is 4.08. The molecule has 4 rings (SSSR count). The number of nitrogens with one attached hydrogen (secondary N) is 1. The topological polar surface area (TPSA) is 89.8 Å². The molecule has 23 heavy (non-hydrogen) atoms. The van der Waals surface area contributed by atoms with Crippen molar-refractivity contribution >= 4 is 26.7 Å². The molecule has 1 fully saturated rings. The standard InChI is InChI=1S/C15H15N5O2S/c21-23(22,12-9-18-20(10-12)11-3-1-4-11)19-14-6-8-16-13-5-2-7-17-15(13)14/h2,5-11H,1,3-4H2,(H,16,19). The molecule has 0 unspecified atom stereocenters. The molecule has 0 aromatic carbocycles. The van der Waals surface area contributed by atoms with E-state index in [1.54, 1.807) is 41.5 Å². The molecule has 3 aromatic heterocycles. The average molecular weight is 329 g/mol. The average Bonchev–Trinajstić information content (AvgIpc) is 2.96. The molecule has 0 aliphatic heterocycles. The molecule has 0 radical (unpaired) electrons. The monoisotopic (exact) mass is 329 g/mol. The maximum absolute atomic E-state index is 12.6. The van der Waals surface area contributed by atoms with Gasteiger partial charge >= 0.3 is 0 Å². The van der Waals surface area contributed by atoms with Crippen LogP contribution in [0.4, 0.5) is 5.69 Å². The highest BCUT2D eigenvalue weighted by molar-refractivity contribution is 7.92. The SMILES string of the molecule is O=S(=O)(Nc1ccnc2cccnc12)c1cnn(C2CCC2)c1. The Labute approximate surface area is 133 Å². The van der Waals surface area contributed by atoms with E-state index in [2.05, 4.69) is 19.8 Å². The Bertz CT molecular complexity index is 957. The summed E-state index contributed by atoms with van der Waals surface area (Å²) < 4.78 is 29.5. The van der Waals surface area contributed by atoms with Crippen molar-refractivity contribution in [3.8, 4) is 0 Å². The molecule has 1 aliphatic rings. The number of sulfonamides is 1. The van der Waals surface area contributed by atoms with Gasteiger partial charge in [0.2, 0.25) is 0 Å². The molecule has 1 aliphatic carbocycles. The molecule has 0 saturated heterocycles. The number of rotatable bonds is 4. The zero-order valence-electron chi connectivity index (χ0n) is 12.3. The fourth-order valence-electron chi connectivity index (χ4n) is 2.58. The smallest absolute Gasteiger partial charge is 0.265 e. The first-order valence-electron chi connectivity index (χ1n) is 7.40. The van der Waals surface area contributed by atoms with Crippen LogP contribution in [0.3, 0.4) is 0 Å². The van der Waals surface area contributed by atoms with Crippen LogP contribution in [0.15, 0.2) is 47.9 Å².